The van der Waals surface area contributed by atoms with Crippen LogP contribution < -0.4 is 20.4 Å². The number of likely N-dealkylation sites (N-methyl/N-ethyl adjacent to an activating group) is 1. The molecule has 0 aromatic heterocycles. The molecule has 0 unspecified atom stereocenters. The molecule has 2 N–H and O–H groups in total. The molecule has 6 nitrogen and oxygen atoms in total. The number of carbonyl (C=O) groups is 1. The fourth-order valence-electron chi connectivity index (χ4n) is 5.33. The van der Waals surface area contributed by atoms with Crippen molar-refractivity contribution in [3.05, 3.63) is 77.4 Å². The predicted molar refractivity (Wildman–Crippen MR) is 151 cm³/mol. The molecule has 0 radical (unpaired) electrons. The van der Waals surface area contributed by atoms with Crippen molar-refractivity contribution in [2.24, 2.45) is 0 Å². The van der Waals surface area contributed by atoms with Crippen LogP contribution in [0.1, 0.15) is 22.8 Å². The first-order valence-corrected chi connectivity index (χ1v) is 13.5. The second kappa shape index (κ2) is 11.7. The van der Waals surface area contributed by atoms with Gasteiger partial charge in [-0.15, -0.1) is 0 Å². The minimum absolute atomic E-state index is 0.126. The maximum atomic E-state index is 15.7. The highest BCUT2D eigenvalue weighted by atomic mass is 19.4. The van der Waals surface area contributed by atoms with Gasteiger partial charge >= 0.3 is 6.18 Å². The molecular formula is C30H32F5N5O. The van der Waals surface area contributed by atoms with Crippen LogP contribution in [0.25, 0.3) is 11.1 Å². The van der Waals surface area contributed by atoms with E-state index in [1.807, 2.05) is 31.0 Å². The number of nitrogens with zero attached hydrogens (tertiary/aromatic N) is 3. The van der Waals surface area contributed by atoms with Crippen LogP contribution in [0.5, 0.6) is 0 Å². The molecule has 0 saturated carbocycles. The summed E-state index contributed by atoms with van der Waals surface area (Å²) in [6.07, 6.45) is -4.94. The molecular weight excluding hydrogens is 541 g/mol. The maximum absolute atomic E-state index is 15.7. The van der Waals surface area contributed by atoms with Crippen molar-refractivity contribution in [1.82, 2.24) is 10.2 Å². The largest absolute Gasteiger partial charge is 0.417 e. The summed E-state index contributed by atoms with van der Waals surface area (Å²) in [4.78, 5) is 19.5. The van der Waals surface area contributed by atoms with Crippen molar-refractivity contribution < 1.29 is 26.7 Å². The fourth-order valence-corrected chi connectivity index (χ4v) is 5.33. The van der Waals surface area contributed by atoms with Crippen molar-refractivity contribution in [1.29, 1.82) is 0 Å². The quantitative estimate of drug-likeness (QED) is 0.398. The lowest BCUT2D eigenvalue weighted by Crippen LogP contribution is -2.50. The lowest BCUT2D eigenvalue weighted by atomic mass is 10.0. The first-order valence-electron chi connectivity index (χ1n) is 13.5. The molecule has 0 aliphatic carbocycles. The lowest BCUT2D eigenvalue weighted by molar-refractivity contribution is -0.138. The number of carbonyl (C=O) groups excluding carboxylic acids is 1. The van der Waals surface area contributed by atoms with Crippen molar-refractivity contribution in [3.63, 3.8) is 0 Å². The number of hydrogen-bond acceptors (Lipinski definition) is 5. The molecule has 1 amide bonds. The van der Waals surface area contributed by atoms with Crippen LogP contribution in [-0.4, -0.2) is 69.7 Å². The standard InChI is InChI=1S/C30H32F5N5O/c1-19-18-40(14-13-38(19)2)28-17-26(32)24(20-3-6-22(7-4-20)39-11-9-36-10-12-39)16-27(28)37-29(41)23-8-5-21(31)15-25(23)30(33,34)35/h3-8,15-17,19,36H,9-14,18H2,1-2H3,(H,37,41)/t19-/m1/s1. The Balaban J connectivity index is 1.52. The van der Waals surface area contributed by atoms with Gasteiger partial charge in [-0.2, -0.15) is 13.2 Å². The van der Waals surface area contributed by atoms with Crippen molar-refractivity contribution in [2.45, 2.75) is 19.1 Å². The summed E-state index contributed by atoms with van der Waals surface area (Å²) in [7, 11) is 1.98. The van der Waals surface area contributed by atoms with Crippen LogP contribution in [-0.2, 0) is 6.18 Å². The Bertz CT molecular complexity index is 1410. The zero-order valence-corrected chi connectivity index (χ0v) is 22.9. The third kappa shape index (κ3) is 6.31. The molecule has 0 spiro atoms. The van der Waals surface area contributed by atoms with Gasteiger partial charge in [0, 0.05) is 63.1 Å². The Labute approximate surface area is 235 Å². The number of rotatable bonds is 5. The number of halogens is 5. The number of benzene rings is 3. The van der Waals surface area contributed by atoms with E-state index in [0.717, 1.165) is 44.0 Å². The van der Waals surface area contributed by atoms with E-state index in [1.165, 1.54) is 12.1 Å². The first kappa shape index (κ1) is 28.8. The molecule has 3 aromatic carbocycles. The normalized spacial score (nSPS) is 18.5. The van der Waals surface area contributed by atoms with Crippen LogP contribution in [0.2, 0.25) is 0 Å². The molecule has 2 aliphatic rings. The molecule has 0 bridgehead atoms. The number of amides is 1. The summed E-state index contributed by atoms with van der Waals surface area (Å²) in [5.41, 5.74) is 0.210. The van der Waals surface area contributed by atoms with Gasteiger partial charge < -0.3 is 25.3 Å². The molecule has 2 heterocycles. The third-order valence-corrected chi connectivity index (χ3v) is 7.83. The number of anilines is 3. The smallest absolute Gasteiger partial charge is 0.369 e. The van der Waals surface area contributed by atoms with E-state index in [0.29, 0.717) is 37.0 Å². The van der Waals surface area contributed by atoms with E-state index in [9.17, 15) is 22.4 Å². The minimum Gasteiger partial charge on any atom is -0.369 e. The molecule has 2 fully saturated rings. The highest BCUT2D eigenvalue weighted by molar-refractivity contribution is 6.07. The highest BCUT2D eigenvalue weighted by Crippen LogP contribution is 2.37. The molecule has 11 heteroatoms. The van der Waals surface area contributed by atoms with Gasteiger partial charge in [0.1, 0.15) is 11.6 Å². The van der Waals surface area contributed by atoms with E-state index < -0.39 is 34.8 Å². The molecule has 5 rings (SSSR count). The lowest BCUT2D eigenvalue weighted by Gasteiger charge is -2.39. The van der Waals surface area contributed by atoms with E-state index in [2.05, 4.69) is 20.4 Å². The van der Waals surface area contributed by atoms with Crippen molar-refractivity contribution >= 4 is 23.0 Å². The minimum atomic E-state index is -4.94. The Morgan fingerprint density at radius 1 is 0.927 bits per heavy atom. The molecule has 218 valence electrons. The zero-order chi connectivity index (χ0) is 29.3. The number of nitrogens with one attached hydrogen (secondary N) is 2. The topological polar surface area (TPSA) is 50.9 Å². The maximum Gasteiger partial charge on any atom is 0.417 e. The average Bonchev–Trinajstić information content (AvgIpc) is 2.95. The Hall–Kier alpha value is -3.70. The Kier molecular flexibility index (Phi) is 8.19. The second-order valence-electron chi connectivity index (χ2n) is 10.6. The van der Waals surface area contributed by atoms with Gasteiger partial charge in [0.2, 0.25) is 0 Å². The molecule has 2 aliphatic heterocycles. The Morgan fingerprint density at radius 2 is 1.63 bits per heavy atom. The van der Waals surface area contributed by atoms with Crippen LogP contribution in [0.15, 0.2) is 54.6 Å². The molecule has 41 heavy (non-hydrogen) atoms. The monoisotopic (exact) mass is 573 g/mol. The summed E-state index contributed by atoms with van der Waals surface area (Å²) in [5.74, 6) is -2.68. The second-order valence-corrected chi connectivity index (χ2v) is 10.6. The zero-order valence-electron chi connectivity index (χ0n) is 22.9. The van der Waals surface area contributed by atoms with Gasteiger partial charge in [-0.1, -0.05) is 12.1 Å². The van der Waals surface area contributed by atoms with E-state index in [-0.39, 0.29) is 17.3 Å². The number of alkyl halides is 3. The predicted octanol–water partition coefficient (Wildman–Crippen LogP) is 5.45. The van der Waals surface area contributed by atoms with E-state index >= 15 is 4.39 Å². The Morgan fingerprint density at radius 3 is 2.29 bits per heavy atom. The van der Waals surface area contributed by atoms with E-state index in [4.69, 9.17) is 0 Å². The van der Waals surface area contributed by atoms with Gasteiger partial charge in [0.05, 0.1) is 22.5 Å². The average molecular weight is 574 g/mol. The van der Waals surface area contributed by atoms with Crippen molar-refractivity contribution in [2.75, 3.05) is 68.0 Å². The highest BCUT2D eigenvalue weighted by Gasteiger charge is 2.36. The van der Waals surface area contributed by atoms with Gasteiger partial charge in [0.15, 0.2) is 0 Å². The molecule has 2 saturated heterocycles. The first-order chi connectivity index (χ1) is 19.5. The summed E-state index contributed by atoms with van der Waals surface area (Å²) in [6.45, 7) is 7.21. The number of hydrogen-bond donors (Lipinski definition) is 2. The van der Waals surface area contributed by atoms with Crippen molar-refractivity contribution in [3.8, 4) is 11.1 Å². The summed E-state index contributed by atoms with van der Waals surface area (Å²) in [5, 5.41) is 5.89. The fraction of sp³-hybridized carbons (Fsp3) is 0.367. The molecule has 1 atom stereocenters. The van der Waals surface area contributed by atoms with Crippen LogP contribution in [0, 0.1) is 11.6 Å². The van der Waals surface area contributed by atoms with Gasteiger partial charge in [-0.25, -0.2) is 8.78 Å². The van der Waals surface area contributed by atoms with Gasteiger partial charge in [-0.3, -0.25) is 4.79 Å². The van der Waals surface area contributed by atoms with Gasteiger partial charge in [-0.05, 0) is 62.0 Å². The number of piperazine rings is 2. The summed E-state index contributed by atoms with van der Waals surface area (Å²) < 4.78 is 70.4. The SMILES string of the molecule is C[C@@H]1CN(c2cc(F)c(-c3ccc(N4CCNCC4)cc3)cc2NC(=O)c2ccc(F)cc2C(F)(F)F)CCN1C. The van der Waals surface area contributed by atoms with E-state index in [1.54, 1.807) is 12.1 Å². The van der Waals surface area contributed by atoms with Crippen LogP contribution in [0.3, 0.4) is 0 Å². The summed E-state index contributed by atoms with van der Waals surface area (Å²) >= 11 is 0. The van der Waals surface area contributed by atoms with Crippen LogP contribution in [0.4, 0.5) is 39.0 Å². The summed E-state index contributed by atoms with van der Waals surface area (Å²) in [6, 6.07) is 12.2. The third-order valence-electron chi connectivity index (χ3n) is 7.83. The molecule has 3 aromatic rings. The van der Waals surface area contributed by atoms with Gasteiger partial charge in [0.25, 0.3) is 5.91 Å². The van der Waals surface area contributed by atoms with Crippen LogP contribution >= 0.6 is 0 Å².